The van der Waals surface area contributed by atoms with E-state index in [0.29, 0.717) is 17.1 Å². The van der Waals surface area contributed by atoms with Gasteiger partial charge in [0.2, 0.25) is 0 Å². The quantitative estimate of drug-likeness (QED) is 0.187. The number of ether oxygens (including phenoxy) is 1. The third-order valence-electron chi connectivity index (χ3n) is 6.74. The van der Waals surface area contributed by atoms with Gasteiger partial charge in [0.15, 0.2) is 5.82 Å². The van der Waals surface area contributed by atoms with Crippen molar-refractivity contribution in [1.29, 1.82) is 0 Å². The lowest BCUT2D eigenvalue weighted by atomic mass is 10.0. The van der Waals surface area contributed by atoms with E-state index in [4.69, 9.17) is 4.74 Å². The number of unbranched alkanes of at least 4 members (excludes halogenated alkanes) is 8. The highest BCUT2D eigenvalue weighted by Crippen LogP contribution is 2.26. The number of aromatic nitrogens is 2. The number of halogens is 1. The van der Waals surface area contributed by atoms with Gasteiger partial charge < -0.3 is 4.74 Å². The van der Waals surface area contributed by atoms with Gasteiger partial charge in [0, 0.05) is 24.0 Å². The molecule has 0 aliphatic carbocycles. The topological polar surface area (TPSA) is 35.0 Å². The van der Waals surface area contributed by atoms with E-state index in [9.17, 15) is 4.39 Å². The van der Waals surface area contributed by atoms with E-state index < -0.39 is 0 Å². The van der Waals surface area contributed by atoms with Gasteiger partial charge in [-0.1, -0.05) is 89.5 Å². The number of nitrogens with zero attached hydrogens (tertiary/aromatic N) is 2. The van der Waals surface area contributed by atoms with E-state index in [1.807, 2.05) is 6.92 Å². The molecular formula is C32H43FN2O. The van der Waals surface area contributed by atoms with Gasteiger partial charge in [-0.2, -0.15) is 0 Å². The van der Waals surface area contributed by atoms with Crippen LogP contribution >= 0.6 is 0 Å². The Kier molecular flexibility index (Phi) is 11.9. The lowest BCUT2D eigenvalue weighted by Gasteiger charge is -2.15. The summed E-state index contributed by atoms with van der Waals surface area (Å²) in [5, 5.41) is 0. The highest BCUT2D eigenvalue weighted by molar-refractivity contribution is 5.64. The maximum atomic E-state index is 14.8. The smallest absolute Gasteiger partial charge is 0.162 e. The minimum atomic E-state index is -0.363. The van der Waals surface area contributed by atoms with Crippen LogP contribution < -0.4 is 4.74 Å². The standard InChI is InChI=1S/C32H43FN2O/c1-4-6-8-10-11-13-15-26-16-18-27(19-17-26)28-23-34-32(35-24-28)30-21-20-29(22-31(30)33)36-25(3)14-12-9-7-5-2/h16-25H,4-15H2,1-3H3/t25-/m1/s1. The molecule has 36 heavy (non-hydrogen) atoms. The summed E-state index contributed by atoms with van der Waals surface area (Å²) >= 11 is 0. The molecule has 1 atom stereocenters. The number of hydrogen-bond acceptors (Lipinski definition) is 3. The zero-order valence-electron chi connectivity index (χ0n) is 22.4. The van der Waals surface area contributed by atoms with E-state index in [-0.39, 0.29) is 11.9 Å². The molecule has 0 saturated carbocycles. The number of benzene rings is 2. The van der Waals surface area contributed by atoms with E-state index in [2.05, 4.69) is 48.1 Å². The Morgan fingerprint density at radius 2 is 1.39 bits per heavy atom. The first kappa shape index (κ1) is 27.8. The summed E-state index contributed by atoms with van der Waals surface area (Å²) in [5.74, 6) is 0.574. The summed E-state index contributed by atoms with van der Waals surface area (Å²) in [4.78, 5) is 8.90. The van der Waals surface area contributed by atoms with Crippen molar-refractivity contribution in [1.82, 2.24) is 9.97 Å². The first-order valence-electron chi connectivity index (χ1n) is 14.0. The van der Waals surface area contributed by atoms with Gasteiger partial charge in [-0.3, -0.25) is 0 Å². The second kappa shape index (κ2) is 15.4. The summed E-state index contributed by atoms with van der Waals surface area (Å²) in [6.45, 7) is 6.50. The van der Waals surface area contributed by atoms with E-state index in [0.717, 1.165) is 30.4 Å². The Balaban J connectivity index is 1.53. The molecule has 2 aromatic carbocycles. The highest BCUT2D eigenvalue weighted by atomic mass is 19.1. The summed E-state index contributed by atoms with van der Waals surface area (Å²) in [5.41, 5.74) is 3.76. The molecule has 1 aromatic heterocycles. The molecular weight excluding hydrogens is 447 g/mol. The Bertz CT molecular complexity index is 1020. The Morgan fingerprint density at radius 3 is 2.06 bits per heavy atom. The fraction of sp³-hybridized carbons (Fsp3) is 0.500. The van der Waals surface area contributed by atoms with Gasteiger partial charge in [-0.05, 0) is 55.9 Å². The highest BCUT2D eigenvalue weighted by Gasteiger charge is 2.12. The van der Waals surface area contributed by atoms with Crippen molar-refractivity contribution in [2.45, 2.75) is 104 Å². The fourth-order valence-electron chi connectivity index (χ4n) is 4.49. The molecule has 0 spiro atoms. The Hall–Kier alpha value is -2.75. The van der Waals surface area contributed by atoms with Gasteiger partial charge in [0.25, 0.3) is 0 Å². The van der Waals surface area contributed by atoms with E-state index in [1.54, 1.807) is 24.5 Å². The average molecular weight is 491 g/mol. The van der Waals surface area contributed by atoms with Crippen LogP contribution in [0, 0.1) is 5.82 Å². The summed E-state index contributed by atoms with van der Waals surface area (Å²) in [7, 11) is 0. The maximum Gasteiger partial charge on any atom is 0.162 e. The van der Waals surface area contributed by atoms with Crippen molar-refractivity contribution in [3.63, 3.8) is 0 Å². The molecule has 0 aliphatic rings. The first-order valence-corrected chi connectivity index (χ1v) is 14.0. The van der Waals surface area contributed by atoms with Crippen LogP contribution in [0.5, 0.6) is 5.75 Å². The summed E-state index contributed by atoms with van der Waals surface area (Å²) in [6, 6.07) is 13.6. The van der Waals surface area contributed by atoms with E-state index in [1.165, 1.54) is 69.4 Å². The maximum absolute atomic E-state index is 14.8. The molecule has 3 aromatic rings. The SMILES string of the molecule is CCCCCCCCc1ccc(-c2cnc(-c3ccc(O[C@H](C)CCCCCC)cc3F)nc2)cc1. The van der Waals surface area contributed by atoms with Gasteiger partial charge in [0.05, 0.1) is 11.7 Å². The zero-order chi connectivity index (χ0) is 25.6. The molecule has 0 unspecified atom stereocenters. The Morgan fingerprint density at radius 1 is 0.750 bits per heavy atom. The molecule has 194 valence electrons. The van der Waals surface area contributed by atoms with Crippen LogP contribution in [-0.4, -0.2) is 16.1 Å². The van der Waals surface area contributed by atoms with Crippen LogP contribution in [0.1, 0.15) is 97.0 Å². The Labute approximate surface area is 217 Å². The monoisotopic (exact) mass is 490 g/mol. The van der Waals surface area contributed by atoms with Crippen LogP contribution in [0.2, 0.25) is 0 Å². The fourth-order valence-corrected chi connectivity index (χ4v) is 4.49. The third kappa shape index (κ3) is 9.04. The normalized spacial score (nSPS) is 12.0. The molecule has 0 N–H and O–H groups in total. The van der Waals surface area contributed by atoms with Crippen LogP contribution in [0.15, 0.2) is 54.9 Å². The van der Waals surface area contributed by atoms with Gasteiger partial charge in [0.1, 0.15) is 11.6 Å². The van der Waals surface area contributed by atoms with Gasteiger partial charge in [-0.15, -0.1) is 0 Å². The molecule has 0 saturated heterocycles. The molecule has 1 heterocycles. The van der Waals surface area contributed by atoms with E-state index >= 15 is 0 Å². The van der Waals surface area contributed by atoms with Crippen LogP contribution in [0.25, 0.3) is 22.5 Å². The van der Waals surface area contributed by atoms with Crippen LogP contribution in [0.4, 0.5) is 4.39 Å². The number of rotatable bonds is 16. The lowest BCUT2D eigenvalue weighted by Crippen LogP contribution is -2.11. The second-order valence-electron chi connectivity index (χ2n) is 9.93. The van der Waals surface area contributed by atoms with Crippen molar-refractivity contribution < 1.29 is 9.13 Å². The largest absolute Gasteiger partial charge is 0.491 e. The zero-order valence-corrected chi connectivity index (χ0v) is 22.4. The van der Waals surface area contributed by atoms with Gasteiger partial charge in [-0.25, -0.2) is 14.4 Å². The minimum absolute atomic E-state index is 0.0693. The summed E-state index contributed by atoms with van der Waals surface area (Å²) in [6.07, 6.45) is 18.4. The molecule has 0 radical (unpaired) electrons. The minimum Gasteiger partial charge on any atom is -0.491 e. The average Bonchev–Trinajstić information content (AvgIpc) is 2.89. The molecule has 3 nitrogen and oxygen atoms in total. The molecule has 0 bridgehead atoms. The van der Waals surface area contributed by atoms with Crippen molar-refractivity contribution >= 4 is 0 Å². The van der Waals surface area contributed by atoms with Crippen molar-refractivity contribution in [2.24, 2.45) is 0 Å². The number of hydrogen-bond donors (Lipinski definition) is 0. The summed E-state index contributed by atoms with van der Waals surface area (Å²) < 4.78 is 20.8. The van der Waals surface area contributed by atoms with Crippen molar-refractivity contribution in [3.8, 4) is 28.3 Å². The van der Waals surface area contributed by atoms with Crippen LogP contribution in [-0.2, 0) is 6.42 Å². The molecule has 3 rings (SSSR count). The predicted octanol–water partition coefficient (Wildman–Crippen LogP) is 9.59. The predicted molar refractivity (Wildman–Crippen MR) is 149 cm³/mol. The lowest BCUT2D eigenvalue weighted by molar-refractivity contribution is 0.205. The second-order valence-corrected chi connectivity index (χ2v) is 9.93. The van der Waals surface area contributed by atoms with Gasteiger partial charge >= 0.3 is 0 Å². The number of aryl methyl sites for hydroxylation is 1. The molecule has 0 fully saturated rings. The first-order chi connectivity index (χ1) is 17.6. The third-order valence-corrected chi connectivity index (χ3v) is 6.74. The molecule has 4 heteroatoms. The molecule has 0 amide bonds. The van der Waals surface area contributed by atoms with Crippen molar-refractivity contribution in [3.05, 3.63) is 66.2 Å². The molecule has 0 aliphatic heterocycles. The van der Waals surface area contributed by atoms with Crippen molar-refractivity contribution in [2.75, 3.05) is 0 Å². The van der Waals surface area contributed by atoms with Crippen LogP contribution in [0.3, 0.4) is 0 Å².